The number of hydrogen-bond donors (Lipinski definition) is 0. The molecule has 0 aromatic rings. The van der Waals surface area contributed by atoms with Crippen molar-refractivity contribution in [3.05, 3.63) is 0 Å². The molecule has 0 aromatic carbocycles. The van der Waals surface area contributed by atoms with Gasteiger partial charge in [-0.15, -0.1) is 0 Å². The first-order chi connectivity index (χ1) is 7.41. The Morgan fingerprint density at radius 3 is 2.25 bits per heavy atom. The fraction of sp³-hybridized carbons (Fsp3) is 1.00. The normalized spacial score (nSPS) is 32.6. The van der Waals surface area contributed by atoms with E-state index in [0.717, 1.165) is 29.7 Å². The summed E-state index contributed by atoms with van der Waals surface area (Å²) in [4.78, 5) is 2.71. The highest BCUT2D eigenvalue weighted by Gasteiger charge is 2.32. The van der Waals surface area contributed by atoms with Crippen LogP contribution in [-0.2, 0) is 0 Å². The maximum absolute atomic E-state index is 2.71. The van der Waals surface area contributed by atoms with Crippen LogP contribution in [0.15, 0.2) is 0 Å². The van der Waals surface area contributed by atoms with Crippen molar-refractivity contribution in [1.82, 2.24) is 4.90 Å². The van der Waals surface area contributed by atoms with E-state index >= 15 is 0 Å². The number of hydrogen-bond acceptors (Lipinski definition) is 1. The third-order valence-corrected chi connectivity index (χ3v) is 4.34. The SMILES string of the molecule is CC(C)CCN1C[C@H](C)C(C(C)C)C[C@H]1C. The molecule has 96 valence electrons. The first-order valence-corrected chi connectivity index (χ1v) is 7.15. The Morgan fingerprint density at radius 2 is 1.75 bits per heavy atom. The molecule has 1 heterocycles. The monoisotopic (exact) mass is 225 g/mol. The second kappa shape index (κ2) is 6.05. The van der Waals surface area contributed by atoms with Gasteiger partial charge in [0.2, 0.25) is 0 Å². The van der Waals surface area contributed by atoms with Crippen LogP contribution in [0.4, 0.5) is 0 Å². The van der Waals surface area contributed by atoms with Gasteiger partial charge in [0.05, 0.1) is 0 Å². The molecule has 16 heavy (non-hydrogen) atoms. The first kappa shape index (κ1) is 14.0. The second-order valence-electron chi connectivity index (χ2n) is 6.65. The highest BCUT2D eigenvalue weighted by molar-refractivity contribution is 4.84. The number of piperidine rings is 1. The molecule has 0 amide bonds. The molecule has 0 bridgehead atoms. The van der Waals surface area contributed by atoms with Crippen molar-refractivity contribution in [2.45, 2.75) is 60.4 Å². The summed E-state index contributed by atoms with van der Waals surface area (Å²) in [6.07, 6.45) is 2.75. The van der Waals surface area contributed by atoms with Crippen LogP contribution in [0.2, 0.25) is 0 Å². The standard InChI is InChI=1S/C15H31N/c1-11(2)7-8-16-10-13(5)15(12(3)4)9-14(16)6/h11-15H,7-10H2,1-6H3/t13-,14+,15?/m0/s1. The molecule has 1 unspecified atom stereocenters. The van der Waals surface area contributed by atoms with E-state index in [-0.39, 0.29) is 0 Å². The summed E-state index contributed by atoms with van der Waals surface area (Å²) in [6.45, 7) is 16.9. The van der Waals surface area contributed by atoms with Crippen LogP contribution in [0.5, 0.6) is 0 Å². The van der Waals surface area contributed by atoms with Gasteiger partial charge in [-0.2, -0.15) is 0 Å². The zero-order valence-electron chi connectivity index (χ0n) is 12.2. The lowest BCUT2D eigenvalue weighted by molar-refractivity contribution is 0.0541. The molecule has 1 saturated heterocycles. The van der Waals surface area contributed by atoms with Crippen LogP contribution in [0.25, 0.3) is 0 Å². The molecule has 1 heteroatoms. The van der Waals surface area contributed by atoms with E-state index in [9.17, 15) is 0 Å². The van der Waals surface area contributed by atoms with Gasteiger partial charge in [-0.1, -0.05) is 34.6 Å². The Kier molecular flexibility index (Phi) is 5.30. The maximum Gasteiger partial charge on any atom is 0.00698 e. The number of nitrogens with zero attached hydrogens (tertiary/aromatic N) is 1. The minimum atomic E-state index is 0.794. The third kappa shape index (κ3) is 3.76. The zero-order chi connectivity index (χ0) is 12.3. The van der Waals surface area contributed by atoms with Crippen molar-refractivity contribution < 1.29 is 0 Å². The summed E-state index contributed by atoms with van der Waals surface area (Å²) in [5, 5.41) is 0. The topological polar surface area (TPSA) is 3.24 Å². The van der Waals surface area contributed by atoms with Crippen LogP contribution >= 0.6 is 0 Å². The molecular weight excluding hydrogens is 194 g/mol. The lowest BCUT2D eigenvalue weighted by atomic mass is 9.76. The Hall–Kier alpha value is -0.0400. The zero-order valence-corrected chi connectivity index (χ0v) is 12.2. The van der Waals surface area contributed by atoms with E-state index in [2.05, 4.69) is 46.4 Å². The van der Waals surface area contributed by atoms with Gasteiger partial charge in [0.15, 0.2) is 0 Å². The summed E-state index contributed by atoms with van der Waals surface area (Å²) in [5.74, 6) is 3.50. The van der Waals surface area contributed by atoms with Gasteiger partial charge < -0.3 is 4.90 Å². The maximum atomic E-state index is 2.71. The first-order valence-electron chi connectivity index (χ1n) is 7.15. The molecule has 3 atom stereocenters. The lowest BCUT2D eigenvalue weighted by Gasteiger charge is -2.43. The predicted molar refractivity (Wildman–Crippen MR) is 72.6 cm³/mol. The molecule has 0 saturated carbocycles. The van der Waals surface area contributed by atoms with E-state index in [1.165, 1.54) is 25.9 Å². The Labute approximate surface area is 103 Å². The summed E-state index contributed by atoms with van der Waals surface area (Å²) in [6, 6.07) is 0.794. The van der Waals surface area contributed by atoms with Crippen molar-refractivity contribution in [1.29, 1.82) is 0 Å². The summed E-state index contributed by atoms with van der Waals surface area (Å²) >= 11 is 0. The van der Waals surface area contributed by atoms with Gasteiger partial charge in [0.1, 0.15) is 0 Å². The second-order valence-corrected chi connectivity index (χ2v) is 6.65. The third-order valence-electron chi connectivity index (χ3n) is 4.34. The van der Waals surface area contributed by atoms with Crippen LogP contribution in [-0.4, -0.2) is 24.0 Å². The van der Waals surface area contributed by atoms with Crippen molar-refractivity contribution >= 4 is 0 Å². The fourth-order valence-electron chi connectivity index (χ4n) is 3.13. The number of likely N-dealkylation sites (tertiary alicyclic amines) is 1. The molecule has 0 aliphatic carbocycles. The Morgan fingerprint density at radius 1 is 1.12 bits per heavy atom. The van der Waals surface area contributed by atoms with E-state index in [0.29, 0.717) is 0 Å². The molecule has 0 N–H and O–H groups in total. The molecular formula is C15H31N. The Bertz CT molecular complexity index is 198. The van der Waals surface area contributed by atoms with Crippen molar-refractivity contribution in [2.75, 3.05) is 13.1 Å². The quantitative estimate of drug-likeness (QED) is 0.698. The lowest BCUT2D eigenvalue weighted by Crippen LogP contribution is -2.46. The highest BCUT2D eigenvalue weighted by Crippen LogP contribution is 2.33. The minimum Gasteiger partial charge on any atom is -0.300 e. The van der Waals surface area contributed by atoms with Crippen molar-refractivity contribution in [3.63, 3.8) is 0 Å². The van der Waals surface area contributed by atoms with Crippen LogP contribution in [0.3, 0.4) is 0 Å². The summed E-state index contributed by atoms with van der Waals surface area (Å²) in [5.41, 5.74) is 0. The Balaban J connectivity index is 2.46. The van der Waals surface area contributed by atoms with E-state index in [1.54, 1.807) is 0 Å². The molecule has 0 aromatic heterocycles. The average molecular weight is 225 g/mol. The smallest absolute Gasteiger partial charge is 0.00698 e. The van der Waals surface area contributed by atoms with Gasteiger partial charge in [-0.3, -0.25) is 0 Å². The molecule has 0 spiro atoms. The predicted octanol–water partition coefficient (Wildman–Crippen LogP) is 4.04. The van der Waals surface area contributed by atoms with Crippen LogP contribution in [0.1, 0.15) is 54.4 Å². The van der Waals surface area contributed by atoms with E-state index in [1.807, 2.05) is 0 Å². The molecule has 1 fully saturated rings. The van der Waals surface area contributed by atoms with Crippen molar-refractivity contribution in [3.8, 4) is 0 Å². The van der Waals surface area contributed by atoms with Gasteiger partial charge in [0, 0.05) is 12.6 Å². The van der Waals surface area contributed by atoms with Crippen LogP contribution in [0, 0.1) is 23.7 Å². The van der Waals surface area contributed by atoms with E-state index < -0.39 is 0 Å². The molecule has 1 nitrogen and oxygen atoms in total. The largest absolute Gasteiger partial charge is 0.300 e. The van der Waals surface area contributed by atoms with Gasteiger partial charge in [-0.25, -0.2) is 0 Å². The highest BCUT2D eigenvalue weighted by atomic mass is 15.2. The minimum absolute atomic E-state index is 0.794. The molecule has 1 aliphatic rings. The van der Waals surface area contributed by atoms with E-state index in [4.69, 9.17) is 0 Å². The number of rotatable bonds is 4. The summed E-state index contributed by atoms with van der Waals surface area (Å²) in [7, 11) is 0. The van der Waals surface area contributed by atoms with Gasteiger partial charge in [-0.05, 0) is 50.0 Å². The van der Waals surface area contributed by atoms with Gasteiger partial charge in [0.25, 0.3) is 0 Å². The average Bonchev–Trinajstić information content (AvgIpc) is 2.18. The molecule has 1 aliphatic heterocycles. The summed E-state index contributed by atoms with van der Waals surface area (Å²) < 4.78 is 0. The fourth-order valence-corrected chi connectivity index (χ4v) is 3.13. The van der Waals surface area contributed by atoms with Gasteiger partial charge >= 0.3 is 0 Å². The molecule has 1 rings (SSSR count). The van der Waals surface area contributed by atoms with Crippen molar-refractivity contribution in [2.24, 2.45) is 23.7 Å². The molecule has 0 radical (unpaired) electrons. The van der Waals surface area contributed by atoms with Crippen LogP contribution < -0.4 is 0 Å².